The molecule has 0 atom stereocenters. The SMILES string of the molecule is CC(C)N(Cc1cccnc1)C(=O)NCCN(C)c1ccccc1. The van der Waals surface area contributed by atoms with Gasteiger partial charge in [-0.05, 0) is 37.6 Å². The van der Waals surface area contributed by atoms with Gasteiger partial charge in [0.15, 0.2) is 0 Å². The van der Waals surface area contributed by atoms with Crippen molar-refractivity contribution < 1.29 is 4.79 Å². The molecule has 24 heavy (non-hydrogen) atoms. The van der Waals surface area contributed by atoms with Crippen LogP contribution < -0.4 is 10.2 Å². The van der Waals surface area contributed by atoms with Crippen LogP contribution in [0.1, 0.15) is 19.4 Å². The van der Waals surface area contributed by atoms with Gasteiger partial charge in [-0.15, -0.1) is 0 Å². The minimum absolute atomic E-state index is 0.0460. The van der Waals surface area contributed by atoms with Gasteiger partial charge < -0.3 is 15.1 Å². The van der Waals surface area contributed by atoms with Crippen LogP contribution in [0.25, 0.3) is 0 Å². The number of likely N-dealkylation sites (N-methyl/N-ethyl adjacent to an activating group) is 1. The summed E-state index contributed by atoms with van der Waals surface area (Å²) in [4.78, 5) is 20.5. The van der Waals surface area contributed by atoms with E-state index in [0.29, 0.717) is 13.1 Å². The fourth-order valence-corrected chi connectivity index (χ4v) is 2.42. The third kappa shape index (κ3) is 5.26. The molecule has 1 aromatic heterocycles. The minimum atomic E-state index is -0.0460. The topological polar surface area (TPSA) is 48.5 Å². The van der Waals surface area contributed by atoms with Crippen molar-refractivity contribution in [1.29, 1.82) is 0 Å². The number of pyridine rings is 1. The Hall–Kier alpha value is -2.56. The number of hydrogen-bond donors (Lipinski definition) is 1. The van der Waals surface area contributed by atoms with E-state index in [1.807, 2.05) is 56.1 Å². The fourth-order valence-electron chi connectivity index (χ4n) is 2.42. The maximum absolute atomic E-state index is 12.5. The van der Waals surface area contributed by atoms with E-state index < -0.39 is 0 Å². The third-order valence-corrected chi connectivity index (χ3v) is 3.88. The van der Waals surface area contributed by atoms with Gasteiger partial charge in [-0.1, -0.05) is 24.3 Å². The van der Waals surface area contributed by atoms with Crippen molar-refractivity contribution in [1.82, 2.24) is 15.2 Å². The molecule has 1 N–H and O–H groups in total. The first-order valence-electron chi connectivity index (χ1n) is 8.27. The molecule has 1 aromatic carbocycles. The highest BCUT2D eigenvalue weighted by Crippen LogP contribution is 2.10. The largest absolute Gasteiger partial charge is 0.373 e. The molecule has 0 bridgehead atoms. The van der Waals surface area contributed by atoms with E-state index in [1.165, 1.54) is 0 Å². The molecule has 128 valence electrons. The summed E-state index contributed by atoms with van der Waals surface area (Å²) in [6.07, 6.45) is 3.54. The van der Waals surface area contributed by atoms with Crippen LogP contribution >= 0.6 is 0 Å². The summed E-state index contributed by atoms with van der Waals surface area (Å²) in [6.45, 7) is 5.96. The Bertz CT molecular complexity index is 616. The smallest absolute Gasteiger partial charge is 0.317 e. The Balaban J connectivity index is 1.85. The maximum atomic E-state index is 12.5. The molecule has 1 heterocycles. The van der Waals surface area contributed by atoms with Gasteiger partial charge in [-0.2, -0.15) is 0 Å². The van der Waals surface area contributed by atoms with Gasteiger partial charge in [-0.3, -0.25) is 4.98 Å². The van der Waals surface area contributed by atoms with E-state index in [9.17, 15) is 4.79 Å². The standard InChI is InChI=1S/C19H26N4O/c1-16(2)23(15-17-8-7-11-20-14-17)19(24)21-12-13-22(3)18-9-5-4-6-10-18/h4-11,14,16H,12-13,15H2,1-3H3,(H,21,24). The lowest BCUT2D eigenvalue weighted by Gasteiger charge is -2.27. The van der Waals surface area contributed by atoms with E-state index in [0.717, 1.165) is 17.8 Å². The lowest BCUT2D eigenvalue weighted by molar-refractivity contribution is 0.180. The molecule has 2 rings (SSSR count). The number of benzene rings is 1. The molecule has 5 heteroatoms. The summed E-state index contributed by atoms with van der Waals surface area (Å²) in [6, 6.07) is 14.1. The number of nitrogens with one attached hydrogen (secondary N) is 1. The van der Waals surface area contributed by atoms with E-state index in [2.05, 4.69) is 27.3 Å². The molecule has 5 nitrogen and oxygen atoms in total. The minimum Gasteiger partial charge on any atom is -0.373 e. The zero-order valence-corrected chi connectivity index (χ0v) is 14.6. The number of carbonyl (C=O) groups is 1. The lowest BCUT2D eigenvalue weighted by atomic mass is 10.2. The van der Waals surface area contributed by atoms with Crippen molar-refractivity contribution in [3.05, 3.63) is 60.4 Å². The van der Waals surface area contributed by atoms with Crippen molar-refractivity contribution in [2.24, 2.45) is 0 Å². The summed E-state index contributed by atoms with van der Waals surface area (Å²) in [5.41, 5.74) is 2.17. The zero-order chi connectivity index (χ0) is 17.4. The van der Waals surface area contributed by atoms with Crippen LogP contribution in [0.4, 0.5) is 10.5 Å². The Morgan fingerprint density at radius 2 is 1.92 bits per heavy atom. The molecule has 0 aliphatic rings. The van der Waals surface area contributed by atoms with Crippen molar-refractivity contribution in [3.8, 4) is 0 Å². The van der Waals surface area contributed by atoms with Gasteiger partial charge in [0.1, 0.15) is 0 Å². The number of anilines is 1. The molecule has 0 aliphatic carbocycles. The predicted octanol–water partition coefficient (Wildman–Crippen LogP) is 3.14. The molecule has 2 amide bonds. The second kappa shape index (κ2) is 8.91. The first kappa shape index (κ1) is 17.8. The zero-order valence-electron chi connectivity index (χ0n) is 14.6. The van der Waals surface area contributed by atoms with E-state index >= 15 is 0 Å². The second-order valence-electron chi connectivity index (χ2n) is 6.07. The van der Waals surface area contributed by atoms with E-state index in [4.69, 9.17) is 0 Å². The van der Waals surface area contributed by atoms with E-state index in [1.54, 1.807) is 12.4 Å². The van der Waals surface area contributed by atoms with Crippen LogP contribution in [0.15, 0.2) is 54.9 Å². The predicted molar refractivity (Wildman–Crippen MR) is 98.0 cm³/mol. The van der Waals surface area contributed by atoms with E-state index in [-0.39, 0.29) is 12.1 Å². The van der Waals surface area contributed by atoms with Gasteiger partial charge in [0, 0.05) is 50.8 Å². The van der Waals surface area contributed by atoms with Gasteiger partial charge in [-0.25, -0.2) is 4.79 Å². The molecule has 0 spiro atoms. The molecular formula is C19H26N4O. The number of amides is 2. The molecular weight excluding hydrogens is 300 g/mol. The van der Waals surface area contributed by atoms with Crippen LogP contribution in [0.5, 0.6) is 0 Å². The normalized spacial score (nSPS) is 10.5. The Labute approximate surface area is 144 Å². The summed E-state index contributed by atoms with van der Waals surface area (Å²) in [5.74, 6) is 0. The number of hydrogen-bond acceptors (Lipinski definition) is 3. The monoisotopic (exact) mass is 326 g/mol. The van der Waals surface area contributed by atoms with Crippen LogP contribution in [-0.2, 0) is 6.54 Å². The highest BCUT2D eigenvalue weighted by atomic mass is 16.2. The van der Waals surface area contributed by atoms with Gasteiger partial charge in [0.05, 0.1) is 0 Å². The summed E-state index contributed by atoms with van der Waals surface area (Å²) in [5, 5.41) is 3.01. The first-order valence-corrected chi connectivity index (χ1v) is 8.27. The number of aromatic nitrogens is 1. The van der Waals surface area contributed by atoms with Crippen LogP contribution in [0.2, 0.25) is 0 Å². The molecule has 0 unspecified atom stereocenters. The number of para-hydroxylation sites is 1. The summed E-state index contributed by atoms with van der Waals surface area (Å²) >= 11 is 0. The molecule has 0 aliphatic heterocycles. The fraction of sp³-hybridized carbons (Fsp3) is 0.368. The van der Waals surface area contributed by atoms with Crippen LogP contribution in [0, 0.1) is 0 Å². The Morgan fingerprint density at radius 1 is 1.17 bits per heavy atom. The van der Waals surface area contributed by atoms with Crippen molar-refractivity contribution in [3.63, 3.8) is 0 Å². The molecule has 0 radical (unpaired) electrons. The maximum Gasteiger partial charge on any atom is 0.317 e. The molecule has 0 fully saturated rings. The Kier molecular flexibility index (Phi) is 6.61. The number of rotatable bonds is 7. The summed E-state index contributed by atoms with van der Waals surface area (Å²) < 4.78 is 0. The van der Waals surface area contributed by atoms with Crippen molar-refractivity contribution in [2.45, 2.75) is 26.4 Å². The number of nitrogens with zero attached hydrogens (tertiary/aromatic N) is 3. The number of carbonyl (C=O) groups excluding carboxylic acids is 1. The van der Waals surface area contributed by atoms with Crippen LogP contribution in [0.3, 0.4) is 0 Å². The van der Waals surface area contributed by atoms with Gasteiger partial charge in [0.2, 0.25) is 0 Å². The first-order chi connectivity index (χ1) is 11.6. The van der Waals surface area contributed by atoms with Crippen molar-refractivity contribution >= 4 is 11.7 Å². The average molecular weight is 326 g/mol. The van der Waals surface area contributed by atoms with Gasteiger partial charge >= 0.3 is 6.03 Å². The lowest BCUT2D eigenvalue weighted by Crippen LogP contribution is -2.45. The average Bonchev–Trinajstić information content (AvgIpc) is 2.60. The second-order valence-corrected chi connectivity index (χ2v) is 6.07. The quantitative estimate of drug-likeness (QED) is 0.850. The highest BCUT2D eigenvalue weighted by Gasteiger charge is 2.17. The Morgan fingerprint density at radius 3 is 2.54 bits per heavy atom. The summed E-state index contributed by atoms with van der Waals surface area (Å²) in [7, 11) is 2.03. The highest BCUT2D eigenvalue weighted by molar-refractivity contribution is 5.74. The van der Waals surface area contributed by atoms with Gasteiger partial charge in [0.25, 0.3) is 0 Å². The number of urea groups is 1. The van der Waals surface area contributed by atoms with Crippen molar-refractivity contribution in [2.75, 3.05) is 25.0 Å². The molecule has 2 aromatic rings. The molecule has 0 saturated heterocycles. The third-order valence-electron chi connectivity index (χ3n) is 3.88. The van der Waals surface area contributed by atoms with Crippen LogP contribution in [-0.4, -0.2) is 42.1 Å². The molecule has 0 saturated carbocycles.